The van der Waals surface area contributed by atoms with E-state index in [2.05, 4.69) is 0 Å². The molecule has 1 rings (SSSR count). The van der Waals surface area contributed by atoms with Crippen molar-refractivity contribution in [2.24, 2.45) is 0 Å². The first-order valence-electron chi connectivity index (χ1n) is 2.90. The molecule has 0 radical (unpaired) electrons. The van der Waals surface area contributed by atoms with Gasteiger partial charge in [-0.2, -0.15) is 0 Å². The number of carboxylic acid groups (broad SMARTS) is 1. The molecular weight excluding hydrogens is 192 g/mol. The third-order valence-electron chi connectivity index (χ3n) is 1.27. The summed E-state index contributed by atoms with van der Waals surface area (Å²) in [6.07, 6.45) is 0. The van der Waals surface area contributed by atoms with Crippen molar-refractivity contribution in [3.8, 4) is 5.75 Å². The van der Waals surface area contributed by atoms with Crippen molar-refractivity contribution in [1.82, 2.24) is 0 Å². The summed E-state index contributed by atoms with van der Waals surface area (Å²) in [7, 11) is 0. The van der Waals surface area contributed by atoms with Crippen LogP contribution in [-0.4, -0.2) is 5.97 Å². The molecule has 2 N–H and O–H groups in total. The van der Waals surface area contributed by atoms with E-state index < -0.39 is 17.3 Å². The number of nitrogens with two attached hydrogens (primary N) is 1. The molecule has 0 saturated carbocycles. The molecule has 0 heterocycles. The number of benzene rings is 1. The van der Waals surface area contributed by atoms with Crippen LogP contribution in [-0.2, 0) is 0 Å². The molecule has 13 heavy (non-hydrogen) atoms. The van der Waals surface area contributed by atoms with Gasteiger partial charge >= 0.3 is 59.1 Å². The SMILES string of the molecule is Nc1cccc(C(=O)[O-])c1[O-].[Na+].[Na+]. The van der Waals surface area contributed by atoms with Gasteiger partial charge in [-0.15, -0.1) is 0 Å². The van der Waals surface area contributed by atoms with E-state index in [1.54, 1.807) is 0 Å². The summed E-state index contributed by atoms with van der Waals surface area (Å²) in [6, 6.07) is 3.89. The van der Waals surface area contributed by atoms with Gasteiger partial charge < -0.3 is 20.7 Å². The molecule has 0 atom stereocenters. The molecular formula is C7H5NNa2O3. The number of carbonyl (C=O) groups excluding carboxylic acids is 1. The van der Waals surface area contributed by atoms with Crippen LogP contribution in [0.2, 0.25) is 0 Å². The Morgan fingerprint density at radius 2 is 1.85 bits per heavy atom. The maximum Gasteiger partial charge on any atom is 1.00 e. The first-order valence-corrected chi connectivity index (χ1v) is 2.90. The van der Waals surface area contributed by atoms with Gasteiger partial charge in [0, 0.05) is 5.69 Å². The van der Waals surface area contributed by atoms with Crippen LogP contribution in [0, 0.1) is 0 Å². The molecule has 0 fully saturated rings. The largest absolute Gasteiger partial charge is 1.00 e. The van der Waals surface area contributed by atoms with Crippen molar-refractivity contribution in [1.29, 1.82) is 0 Å². The van der Waals surface area contributed by atoms with Crippen LogP contribution in [0.3, 0.4) is 0 Å². The van der Waals surface area contributed by atoms with E-state index in [0.717, 1.165) is 6.07 Å². The molecule has 6 heteroatoms. The first kappa shape index (κ1) is 15.7. The van der Waals surface area contributed by atoms with Gasteiger partial charge in [0.15, 0.2) is 0 Å². The number of hydrogen-bond acceptors (Lipinski definition) is 4. The van der Waals surface area contributed by atoms with Crippen molar-refractivity contribution >= 4 is 11.7 Å². The van der Waals surface area contributed by atoms with E-state index in [1.807, 2.05) is 0 Å². The molecule has 1 aromatic rings. The van der Waals surface area contributed by atoms with Gasteiger partial charge in [-0.25, -0.2) is 0 Å². The molecule has 0 aliphatic carbocycles. The second-order valence-electron chi connectivity index (χ2n) is 2.01. The fourth-order valence-electron chi connectivity index (χ4n) is 0.716. The molecule has 58 valence electrons. The zero-order chi connectivity index (χ0) is 8.43. The van der Waals surface area contributed by atoms with Gasteiger partial charge in [0.25, 0.3) is 0 Å². The number of carboxylic acids is 1. The second kappa shape index (κ2) is 6.70. The minimum absolute atomic E-state index is 0. The van der Waals surface area contributed by atoms with E-state index in [0.29, 0.717) is 0 Å². The van der Waals surface area contributed by atoms with Crippen molar-refractivity contribution in [3.63, 3.8) is 0 Å². The Bertz CT molecular complexity index is 304. The Hall–Kier alpha value is 0.290. The number of hydrogen-bond donors (Lipinski definition) is 1. The Morgan fingerprint density at radius 3 is 2.23 bits per heavy atom. The van der Waals surface area contributed by atoms with Crippen molar-refractivity contribution in [2.45, 2.75) is 0 Å². The molecule has 0 aromatic heterocycles. The van der Waals surface area contributed by atoms with Crippen LogP contribution in [0.15, 0.2) is 18.2 Å². The molecule has 0 saturated heterocycles. The standard InChI is InChI=1S/C7H7NO3.2Na/c8-5-3-1-2-4(6(5)9)7(10)11;;/h1-3,9H,8H2,(H,10,11);;/q;2*+1/p-2. The van der Waals surface area contributed by atoms with Gasteiger partial charge in [-0.05, 0) is 11.6 Å². The van der Waals surface area contributed by atoms with Gasteiger partial charge in [-0.3, -0.25) is 0 Å². The monoisotopic (exact) mass is 197 g/mol. The third kappa shape index (κ3) is 3.89. The predicted octanol–water partition coefficient (Wildman–Crippen LogP) is -7.29. The topological polar surface area (TPSA) is 89.2 Å². The Morgan fingerprint density at radius 1 is 1.31 bits per heavy atom. The molecule has 0 unspecified atom stereocenters. The van der Waals surface area contributed by atoms with Crippen LogP contribution >= 0.6 is 0 Å². The maximum atomic E-state index is 10.9. The van der Waals surface area contributed by atoms with Crippen LogP contribution in [0.5, 0.6) is 5.75 Å². The summed E-state index contributed by atoms with van der Waals surface area (Å²) in [4.78, 5) is 10.2. The fraction of sp³-hybridized carbons (Fsp3) is 0. The molecule has 1 aromatic carbocycles. The summed E-state index contributed by atoms with van der Waals surface area (Å²) >= 11 is 0. The van der Waals surface area contributed by atoms with Crippen molar-refractivity contribution in [3.05, 3.63) is 23.8 Å². The summed E-state index contributed by atoms with van der Waals surface area (Å²) in [5.74, 6) is -2.19. The number of para-hydroxylation sites is 1. The smallest absolute Gasteiger partial charge is 0.871 e. The summed E-state index contributed by atoms with van der Waals surface area (Å²) < 4.78 is 0. The summed E-state index contributed by atoms with van der Waals surface area (Å²) in [5.41, 5.74) is 4.68. The minimum atomic E-state index is -1.50. The molecule has 0 aliphatic heterocycles. The Labute approximate surface area is 120 Å². The van der Waals surface area contributed by atoms with Gasteiger partial charge in [0.1, 0.15) is 0 Å². The fourth-order valence-corrected chi connectivity index (χ4v) is 0.716. The van der Waals surface area contributed by atoms with E-state index >= 15 is 0 Å². The zero-order valence-corrected chi connectivity index (χ0v) is 11.5. The van der Waals surface area contributed by atoms with Gasteiger partial charge in [0.05, 0.1) is 5.97 Å². The quantitative estimate of drug-likeness (QED) is 0.358. The number of rotatable bonds is 1. The molecule has 0 aliphatic rings. The van der Waals surface area contributed by atoms with Gasteiger partial charge in [0.2, 0.25) is 0 Å². The van der Waals surface area contributed by atoms with E-state index in [1.165, 1.54) is 12.1 Å². The predicted molar refractivity (Wildman–Crippen MR) is 34.6 cm³/mol. The zero-order valence-electron chi connectivity index (χ0n) is 7.53. The van der Waals surface area contributed by atoms with Crippen molar-refractivity contribution in [2.75, 3.05) is 5.73 Å². The average Bonchev–Trinajstić information content (AvgIpc) is 1.94. The summed E-state index contributed by atoms with van der Waals surface area (Å²) in [5, 5.41) is 21.1. The molecule has 0 spiro atoms. The Kier molecular flexibility index (Phi) is 8.12. The third-order valence-corrected chi connectivity index (χ3v) is 1.27. The molecule has 0 bridgehead atoms. The number of carbonyl (C=O) groups is 1. The van der Waals surface area contributed by atoms with E-state index in [-0.39, 0.29) is 64.8 Å². The normalized spacial score (nSPS) is 8.00. The average molecular weight is 197 g/mol. The van der Waals surface area contributed by atoms with E-state index in [4.69, 9.17) is 5.73 Å². The minimum Gasteiger partial charge on any atom is -0.871 e. The van der Waals surface area contributed by atoms with E-state index in [9.17, 15) is 15.0 Å². The van der Waals surface area contributed by atoms with Crippen LogP contribution in [0.25, 0.3) is 0 Å². The van der Waals surface area contributed by atoms with Crippen LogP contribution in [0.1, 0.15) is 10.4 Å². The number of aromatic carboxylic acids is 1. The molecule has 0 amide bonds. The second-order valence-corrected chi connectivity index (χ2v) is 2.01. The first-order chi connectivity index (χ1) is 5.13. The number of nitrogen functional groups attached to an aromatic ring is 1. The van der Waals surface area contributed by atoms with Crippen molar-refractivity contribution < 1.29 is 74.1 Å². The van der Waals surface area contributed by atoms with Gasteiger partial charge in [-0.1, -0.05) is 17.9 Å². The van der Waals surface area contributed by atoms with Crippen LogP contribution < -0.4 is 75.1 Å². The maximum absolute atomic E-state index is 10.9. The molecule has 4 nitrogen and oxygen atoms in total. The summed E-state index contributed by atoms with van der Waals surface area (Å²) in [6.45, 7) is 0. The van der Waals surface area contributed by atoms with Crippen LogP contribution in [0.4, 0.5) is 5.69 Å². The Balaban J connectivity index is 0. The number of anilines is 1.